The number of piperidine rings is 1. The topological polar surface area (TPSA) is 60.4 Å². The van der Waals surface area contributed by atoms with Crippen LogP contribution in [-0.4, -0.2) is 42.4 Å². The number of oxime groups is 1. The molecule has 7 heteroatoms. The highest BCUT2D eigenvalue weighted by atomic mass is 19.3. The molecule has 182 valence electrons. The second-order valence-electron chi connectivity index (χ2n) is 9.45. The predicted molar refractivity (Wildman–Crippen MR) is 129 cm³/mol. The number of hydrogen-bond donors (Lipinski definition) is 0. The molecule has 1 saturated carbocycles. The van der Waals surface area contributed by atoms with E-state index in [4.69, 9.17) is 9.57 Å². The molecular weight excluding hydrogens is 435 g/mol. The number of carbonyl (C=O) groups excluding carboxylic acids is 1. The van der Waals surface area contributed by atoms with Gasteiger partial charge in [-0.25, -0.2) is 9.74 Å². The highest BCUT2D eigenvalue weighted by molar-refractivity contribution is 6.04. The van der Waals surface area contributed by atoms with Crippen LogP contribution in [0.4, 0.5) is 4.53 Å². The fourth-order valence-corrected chi connectivity index (χ4v) is 4.69. The average Bonchev–Trinajstić information content (AvgIpc) is 3.63. The van der Waals surface area contributed by atoms with Gasteiger partial charge in [0, 0.05) is 49.0 Å². The van der Waals surface area contributed by atoms with Gasteiger partial charge in [0.05, 0.1) is 12.8 Å². The standard InChI is InChI=1S/C27H33FN2O4/c1-4-5-22(8-6-19(2)26(31)33-28)24-17-27(34-29-24)12-14-30(15-13-27)18-20-7-11-25(32-3)23(16-20)21-9-10-21/h4-8,11,16,21H,9-10,12-15,17-18H2,1-3H3/b5-4-,19-6+,22-8+. The van der Waals surface area contributed by atoms with Gasteiger partial charge < -0.3 is 9.57 Å². The first-order chi connectivity index (χ1) is 16.5. The van der Waals surface area contributed by atoms with Crippen LogP contribution < -0.4 is 4.74 Å². The van der Waals surface area contributed by atoms with E-state index in [-0.39, 0.29) is 11.2 Å². The molecule has 0 N–H and O–H groups in total. The lowest BCUT2D eigenvalue weighted by Gasteiger charge is -2.37. The van der Waals surface area contributed by atoms with E-state index in [1.165, 1.54) is 37.0 Å². The molecule has 1 saturated heterocycles. The van der Waals surface area contributed by atoms with E-state index < -0.39 is 5.97 Å². The monoisotopic (exact) mass is 468 g/mol. The molecule has 0 atom stereocenters. The lowest BCUT2D eigenvalue weighted by Crippen LogP contribution is -2.44. The Hall–Kier alpha value is -2.93. The summed E-state index contributed by atoms with van der Waals surface area (Å²) >= 11 is 0. The largest absolute Gasteiger partial charge is 0.496 e. The van der Waals surface area contributed by atoms with Gasteiger partial charge in [-0.05, 0) is 55.4 Å². The van der Waals surface area contributed by atoms with Crippen molar-refractivity contribution in [1.29, 1.82) is 0 Å². The number of nitrogens with zero attached hydrogens (tertiary/aromatic N) is 2. The van der Waals surface area contributed by atoms with E-state index in [0.29, 0.717) is 12.3 Å². The fourth-order valence-electron chi connectivity index (χ4n) is 4.69. The maximum absolute atomic E-state index is 12.1. The Balaban J connectivity index is 1.36. The van der Waals surface area contributed by atoms with E-state index >= 15 is 0 Å². The van der Waals surface area contributed by atoms with Crippen molar-refractivity contribution < 1.29 is 23.8 Å². The van der Waals surface area contributed by atoms with Crippen LogP contribution in [0.3, 0.4) is 0 Å². The number of benzene rings is 1. The van der Waals surface area contributed by atoms with Crippen molar-refractivity contribution in [3.05, 3.63) is 64.8 Å². The summed E-state index contributed by atoms with van der Waals surface area (Å²) < 4.78 is 17.7. The molecule has 1 aliphatic carbocycles. The van der Waals surface area contributed by atoms with Crippen molar-refractivity contribution in [2.24, 2.45) is 5.16 Å². The van der Waals surface area contributed by atoms with E-state index in [1.807, 2.05) is 19.1 Å². The predicted octanol–water partition coefficient (Wildman–Crippen LogP) is 5.56. The molecule has 2 heterocycles. The summed E-state index contributed by atoms with van der Waals surface area (Å²) in [5.74, 6) is 0.665. The van der Waals surface area contributed by atoms with Gasteiger partial charge in [-0.15, -0.1) is 0 Å². The summed E-state index contributed by atoms with van der Waals surface area (Å²) in [4.78, 5) is 23.1. The van der Waals surface area contributed by atoms with Crippen LogP contribution >= 0.6 is 0 Å². The van der Waals surface area contributed by atoms with Gasteiger partial charge in [0.2, 0.25) is 0 Å². The number of ether oxygens (including phenoxy) is 1. The molecule has 1 aromatic carbocycles. The van der Waals surface area contributed by atoms with Crippen molar-refractivity contribution >= 4 is 11.7 Å². The third-order valence-electron chi connectivity index (χ3n) is 6.91. The lowest BCUT2D eigenvalue weighted by atomic mass is 9.85. The van der Waals surface area contributed by atoms with E-state index in [9.17, 15) is 9.32 Å². The SMILES string of the molecule is C\C=C/C(=C\C=C(/C)C(=O)OF)C1=NOC2(CCN(Cc3ccc(OC)c(C4CC4)c3)CC2)C1. The maximum atomic E-state index is 12.1. The van der Waals surface area contributed by atoms with Gasteiger partial charge >= 0.3 is 5.97 Å². The molecule has 0 bridgehead atoms. The highest BCUT2D eigenvalue weighted by Gasteiger charge is 2.42. The summed E-state index contributed by atoms with van der Waals surface area (Å²) in [5.41, 5.74) is 4.25. The first-order valence-electron chi connectivity index (χ1n) is 12.0. The Morgan fingerprint density at radius 1 is 1.29 bits per heavy atom. The zero-order valence-corrected chi connectivity index (χ0v) is 20.2. The second-order valence-corrected chi connectivity index (χ2v) is 9.45. The summed E-state index contributed by atoms with van der Waals surface area (Å²) in [6, 6.07) is 6.59. The molecular formula is C27H33FN2O4. The van der Waals surface area contributed by atoms with Crippen LogP contribution in [0.2, 0.25) is 0 Å². The number of allylic oxidation sites excluding steroid dienone is 5. The number of methoxy groups -OCH3 is 1. The van der Waals surface area contributed by atoms with Crippen molar-refractivity contribution in [2.75, 3.05) is 20.2 Å². The minimum absolute atomic E-state index is 0.176. The smallest absolute Gasteiger partial charge is 0.375 e. The number of hydrogen-bond acceptors (Lipinski definition) is 6. The number of halogens is 1. The number of likely N-dealkylation sites (tertiary alicyclic amines) is 1. The van der Waals surface area contributed by atoms with Crippen molar-refractivity contribution in [1.82, 2.24) is 4.90 Å². The van der Waals surface area contributed by atoms with Crippen molar-refractivity contribution in [3.8, 4) is 5.75 Å². The zero-order valence-electron chi connectivity index (χ0n) is 20.2. The molecule has 0 aromatic heterocycles. The van der Waals surface area contributed by atoms with Crippen LogP contribution in [-0.2, 0) is 21.1 Å². The summed E-state index contributed by atoms with van der Waals surface area (Å²) in [6.45, 7) is 6.23. The molecule has 0 amide bonds. The Bertz CT molecular complexity index is 1030. The Kier molecular flexibility index (Phi) is 7.51. The summed E-state index contributed by atoms with van der Waals surface area (Å²) in [6.07, 6.45) is 12.1. The zero-order chi connectivity index (χ0) is 24.1. The quantitative estimate of drug-likeness (QED) is 0.369. The molecule has 0 unspecified atom stereocenters. The van der Waals surface area contributed by atoms with Gasteiger partial charge in [0.25, 0.3) is 0 Å². The van der Waals surface area contributed by atoms with Gasteiger partial charge in [0.15, 0.2) is 0 Å². The Labute approximate surface area is 200 Å². The van der Waals surface area contributed by atoms with Crippen LogP contribution in [0.5, 0.6) is 5.75 Å². The Morgan fingerprint density at radius 2 is 2.06 bits per heavy atom. The van der Waals surface area contributed by atoms with E-state index in [2.05, 4.69) is 33.2 Å². The molecule has 3 aliphatic rings. The lowest BCUT2D eigenvalue weighted by molar-refractivity contribution is -0.178. The van der Waals surface area contributed by atoms with Crippen LogP contribution in [0, 0.1) is 0 Å². The first kappa shape index (κ1) is 24.2. The van der Waals surface area contributed by atoms with Crippen LogP contribution in [0.15, 0.2) is 58.8 Å². The summed E-state index contributed by atoms with van der Waals surface area (Å²) in [5, 5.41) is 4.39. The third kappa shape index (κ3) is 5.58. The second kappa shape index (κ2) is 10.6. The molecule has 2 aliphatic heterocycles. The minimum Gasteiger partial charge on any atom is -0.496 e. The van der Waals surface area contributed by atoms with Crippen molar-refractivity contribution in [3.63, 3.8) is 0 Å². The third-order valence-corrected chi connectivity index (χ3v) is 6.91. The Morgan fingerprint density at radius 3 is 2.71 bits per heavy atom. The maximum Gasteiger partial charge on any atom is 0.375 e. The summed E-state index contributed by atoms with van der Waals surface area (Å²) in [7, 11) is 1.75. The average molecular weight is 469 g/mol. The number of rotatable bonds is 8. The van der Waals surface area contributed by atoms with Crippen molar-refractivity contribution in [2.45, 2.75) is 64.0 Å². The van der Waals surface area contributed by atoms with E-state index in [1.54, 1.807) is 13.2 Å². The molecule has 6 nitrogen and oxygen atoms in total. The van der Waals surface area contributed by atoms with E-state index in [0.717, 1.165) is 49.5 Å². The van der Waals surface area contributed by atoms with Gasteiger partial charge in [-0.1, -0.05) is 41.6 Å². The number of carbonyl (C=O) groups is 1. The van der Waals surface area contributed by atoms with Gasteiger partial charge in [0.1, 0.15) is 11.4 Å². The van der Waals surface area contributed by atoms with Crippen LogP contribution in [0.1, 0.15) is 63.0 Å². The molecule has 1 spiro atoms. The molecule has 0 radical (unpaired) electrons. The first-order valence-corrected chi connectivity index (χ1v) is 12.0. The fraction of sp³-hybridized carbons (Fsp3) is 0.481. The molecule has 2 fully saturated rings. The normalized spacial score (nSPS) is 21.0. The minimum atomic E-state index is -0.995. The van der Waals surface area contributed by atoms with Crippen LogP contribution in [0.25, 0.3) is 0 Å². The molecule has 4 rings (SSSR count). The van der Waals surface area contributed by atoms with Gasteiger partial charge in [-0.3, -0.25) is 4.90 Å². The molecule has 34 heavy (non-hydrogen) atoms. The highest BCUT2D eigenvalue weighted by Crippen LogP contribution is 2.45. The van der Waals surface area contributed by atoms with Gasteiger partial charge in [-0.2, -0.15) is 0 Å². The molecule has 1 aromatic rings.